The molecule has 3 rings (SSSR count). The summed E-state index contributed by atoms with van der Waals surface area (Å²) in [5, 5.41) is 2.92. The second kappa shape index (κ2) is 7.05. The molecule has 0 aliphatic carbocycles. The van der Waals surface area contributed by atoms with E-state index in [1.165, 1.54) is 0 Å². The summed E-state index contributed by atoms with van der Waals surface area (Å²) in [6.45, 7) is 1.52. The van der Waals surface area contributed by atoms with Gasteiger partial charge in [-0.1, -0.05) is 18.2 Å². The zero-order valence-electron chi connectivity index (χ0n) is 13.0. The third-order valence-corrected chi connectivity index (χ3v) is 3.67. The highest BCUT2D eigenvalue weighted by Crippen LogP contribution is 2.33. The molecular weight excluding hydrogens is 294 g/mol. The lowest BCUT2D eigenvalue weighted by atomic mass is 10.1. The van der Waals surface area contributed by atoms with E-state index in [1.807, 2.05) is 30.3 Å². The van der Waals surface area contributed by atoms with Crippen LogP contribution in [0.1, 0.15) is 15.9 Å². The van der Waals surface area contributed by atoms with Crippen LogP contribution in [-0.4, -0.2) is 32.8 Å². The van der Waals surface area contributed by atoms with Crippen LogP contribution >= 0.6 is 0 Å². The summed E-state index contributed by atoms with van der Waals surface area (Å²) in [5.41, 5.74) is 1.65. The number of fused-ring (bicyclic) bond motifs is 1. The van der Waals surface area contributed by atoms with Crippen LogP contribution in [0.2, 0.25) is 0 Å². The van der Waals surface area contributed by atoms with E-state index < -0.39 is 0 Å². The lowest BCUT2D eigenvalue weighted by Gasteiger charge is -2.20. The zero-order valence-corrected chi connectivity index (χ0v) is 13.0. The largest absolute Gasteiger partial charge is 0.497 e. The molecule has 2 aromatic carbocycles. The number of benzene rings is 2. The van der Waals surface area contributed by atoms with Gasteiger partial charge in [0.15, 0.2) is 11.5 Å². The van der Waals surface area contributed by atoms with E-state index in [1.54, 1.807) is 19.2 Å². The summed E-state index contributed by atoms with van der Waals surface area (Å²) in [6.07, 6.45) is 0.752. The molecule has 23 heavy (non-hydrogen) atoms. The second-order valence-electron chi connectivity index (χ2n) is 5.18. The summed E-state index contributed by atoms with van der Waals surface area (Å²) in [6, 6.07) is 13.2. The Balaban J connectivity index is 1.59. The number of rotatable bonds is 5. The van der Waals surface area contributed by atoms with E-state index in [0.29, 0.717) is 36.8 Å². The topological polar surface area (TPSA) is 56.8 Å². The average molecular weight is 313 g/mol. The van der Waals surface area contributed by atoms with Gasteiger partial charge in [0.1, 0.15) is 19.0 Å². The van der Waals surface area contributed by atoms with Crippen LogP contribution in [0.3, 0.4) is 0 Å². The van der Waals surface area contributed by atoms with Gasteiger partial charge in [0.2, 0.25) is 0 Å². The first kappa shape index (κ1) is 15.2. The fourth-order valence-electron chi connectivity index (χ4n) is 2.46. The molecule has 0 atom stereocenters. The average Bonchev–Trinajstić information content (AvgIpc) is 2.61. The minimum absolute atomic E-state index is 0.152. The van der Waals surface area contributed by atoms with Crippen LogP contribution in [0, 0.1) is 0 Å². The van der Waals surface area contributed by atoms with Gasteiger partial charge in [-0.3, -0.25) is 4.79 Å². The Labute approximate surface area is 135 Å². The molecule has 1 amide bonds. The van der Waals surface area contributed by atoms with Gasteiger partial charge in [0, 0.05) is 6.54 Å². The maximum atomic E-state index is 12.3. The van der Waals surface area contributed by atoms with Gasteiger partial charge in [-0.15, -0.1) is 0 Å². The predicted octanol–water partition coefficient (Wildman–Crippen LogP) is 2.44. The first-order valence-corrected chi connectivity index (χ1v) is 7.57. The summed E-state index contributed by atoms with van der Waals surface area (Å²) in [7, 11) is 1.64. The molecule has 1 heterocycles. The van der Waals surface area contributed by atoms with Crippen molar-refractivity contribution in [2.75, 3.05) is 26.9 Å². The summed E-state index contributed by atoms with van der Waals surface area (Å²) in [5.74, 6) is 1.83. The number of carbonyl (C=O) groups is 1. The highest BCUT2D eigenvalue weighted by atomic mass is 16.6. The summed E-state index contributed by atoms with van der Waals surface area (Å²) < 4.78 is 16.2. The molecule has 0 spiro atoms. The van der Waals surface area contributed by atoms with E-state index >= 15 is 0 Å². The first-order valence-electron chi connectivity index (χ1n) is 7.57. The van der Waals surface area contributed by atoms with E-state index in [9.17, 15) is 4.79 Å². The third-order valence-electron chi connectivity index (χ3n) is 3.67. The van der Waals surface area contributed by atoms with E-state index in [-0.39, 0.29) is 5.91 Å². The van der Waals surface area contributed by atoms with Crippen molar-refractivity contribution < 1.29 is 19.0 Å². The van der Waals surface area contributed by atoms with Crippen LogP contribution in [-0.2, 0) is 6.42 Å². The lowest BCUT2D eigenvalue weighted by Crippen LogP contribution is -2.27. The summed E-state index contributed by atoms with van der Waals surface area (Å²) in [4.78, 5) is 12.3. The van der Waals surface area contributed by atoms with Crippen molar-refractivity contribution in [3.05, 3.63) is 53.6 Å². The Morgan fingerprint density at radius 1 is 1.13 bits per heavy atom. The zero-order chi connectivity index (χ0) is 16.1. The molecule has 2 aromatic rings. The highest BCUT2D eigenvalue weighted by Gasteiger charge is 2.19. The molecule has 0 unspecified atom stereocenters. The van der Waals surface area contributed by atoms with Gasteiger partial charge in [-0.05, 0) is 36.2 Å². The van der Waals surface area contributed by atoms with Crippen LogP contribution in [0.4, 0.5) is 0 Å². The van der Waals surface area contributed by atoms with Crippen LogP contribution in [0.5, 0.6) is 17.2 Å². The number of hydrogen-bond donors (Lipinski definition) is 1. The second-order valence-corrected chi connectivity index (χ2v) is 5.18. The predicted molar refractivity (Wildman–Crippen MR) is 86.5 cm³/mol. The number of nitrogens with one attached hydrogen (secondary N) is 1. The van der Waals surface area contributed by atoms with E-state index in [0.717, 1.165) is 17.7 Å². The molecule has 5 nitrogen and oxygen atoms in total. The number of para-hydroxylation sites is 1. The Bertz CT molecular complexity index is 682. The van der Waals surface area contributed by atoms with Crippen molar-refractivity contribution in [1.29, 1.82) is 0 Å². The fraction of sp³-hybridized carbons (Fsp3) is 0.278. The van der Waals surface area contributed by atoms with Gasteiger partial charge in [0.25, 0.3) is 5.91 Å². The molecule has 1 aliphatic rings. The molecular formula is C18H19NO4. The van der Waals surface area contributed by atoms with Gasteiger partial charge >= 0.3 is 0 Å². The molecule has 0 aromatic heterocycles. The number of methoxy groups -OCH3 is 1. The molecule has 0 fully saturated rings. The summed E-state index contributed by atoms with van der Waals surface area (Å²) >= 11 is 0. The van der Waals surface area contributed by atoms with Crippen LogP contribution < -0.4 is 19.5 Å². The Kier molecular flexibility index (Phi) is 4.66. The minimum Gasteiger partial charge on any atom is -0.497 e. The Morgan fingerprint density at radius 2 is 1.91 bits per heavy atom. The molecule has 5 heteroatoms. The van der Waals surface area contributed by atoms with Crippen molar-refractivity contribution in [2.24, 2.45) is 0 Å². The van der Waals surface area contributed by atoms with Crippen LogP contribution in [0.15, 0.2) is 42.5 Å². The van der Waals surface area contributed by atoms with Crippen molar-refractivity contribution >= 4 is 5.91 Å². The first-order chi connectivity index (χ1) is 11.3. The third kappa shape index (κ3) is 3.56. The highest BCUT2D eigenvalue weighted by molar-refractivity contribution is 5.97. The van der Waals surface area contributed by atoms with Gasteiger partial charge in [-0.25, -0.2) is 0 Å². The monoisotopic (exact) mass is 313 g/mol. The number of carbonyl (C=O) groups excluding carboxylic acids is 1. The Hall–Kier alpha value is -2.69. The smallest absolute Gasteiger partial charge is 0.255 e. The normalized spacial score (nSPS) is 12.6. The van der Waals surface area contributed by atoms with E-state index in [2.05, 4.69) is 5.32 Å². The molecule has 0 radical (unpaired) electrons. The van der Waals surface area contributed by atoms with Crippen molar-refractivity contribution in [3.63, 3.8) is 0 Å². The molecule has 1 N–H and O–H groups in total. The minimum atomic E-state index is -0.152. The molecule has 0 bridgehead atoms. The fourth-order valence-corrected chi connectivity index (χ4v) is 2.46. The van der Waals surface area contributed by atoms with Crippen molar-refractivity contribution in [1.82, 2.24) is 5.32 Å². The van der Waals surface area contributed by atoms with Crippen LogP contribution in [0.25, 0.3) is 0 Å². The number of ether oxygens (including phenoxy) is 3. The maximum absolute atomic E-state index is 12.3. The standard InChI is InChI=1S/C18H19NO4/c1-21-14-7-5-13(6-8-14)9-10-19-18(20)15-3-2-4-16-17(15)23-12-11-22-16/h2-8H,9-12H2,1H3,(H,19,20). The molecule has 1 aliphatic heterocycles. The quantitative estimate of drug-likeness (QED) is 0.921. The van der Waals surface area contributed by atoms with E-state index in [4.69, 9.17) is 14.2 Å². The molecule has 0 saturated carbocycles. The SMILES string of the molecule is COc1ccc(CCNC(=O)c2cccc3c2OCCO3)cc1. The molecule has 120 valence electrons. The number of amides is 1. The Morgan fingerprint density at radius 3 is 2.70 bits per heavy atom. The van der Waals surface area contributed by atoms with Crippen molar-refractivity contribution in [2.45, 2.75) is 6.42 Å². The molecule has 0 saturated heterocycles. The van der Waals surface area contributed by atoms with Gasteiger partial charge < -0.3 is 19.5 Å². The number of hydrogen-bond acceptors (Lipinski definition) is 4. The van der Waals surface area contributed by atoms with Gasteiger partial charge in [-0.2, -0.15) is 0 Å². The maximum Gasteiger partial charge on any atom is 0.255 e. The lowest BCUT2D eigenvalue weighted by molar-refractivity contribution is 0.0943. The van der Waals surface area contributed by atoms with Crippen molar-refractivity contribution in [3.8, 4) is 17.2 Å². The van der Waals surface area contributed by atoms with Gasteiger partial charge in [0.05, 0.1) is 12.7 Å².